The van der Waals surface area contributed by atoms with Gasteiger partial charge in [-0.2, -0.15) is 0 Å². The number of amides is 1. The van der Waals surface area contributed by atoms with E-state index in [1.165, 1.54) is 10.9 Å². The molecule has 0 spiro atoms. The number of benzene rings is 1. The van der Waals surface area contributed by atoms with Gasteiger partial charge in [0.2, 0.25) is 5.78 Å². The van der Waals surface area contributed by atoms with Crippen molar-refractivity contribution in [2.24, 2.45) is 17.6 Å². The third-order valence-corrected chi connectivity index (χ3v) is 10.6. The highest BCUT2D eigenvalue weighted by Gasteiger charge is 2.63. The minimum Gasteiger partial charge on any atom is -0.510 e. The van der Waals surface area contributed by atoms with Crippen LogP contribution in [0.2, 0.25) is 0 Å². The average Bonchev–Trinajstić information content (AvgIpc) is 3.40. The number of ketones is 2. The first-order valence-electron chi connectivity index (χ1n) is 14.3. The van der Waals surface area contributed by atoms with Crippen LogP contribution in [0.25, 0.3) is 10.4 Å². The summed E-state index contributed by atoms with van der Waals surface area (Å²) in [4.78, 5) is 48.0. The third kappa shape index (κ3) is 4.51. The van der Waals surface area contributed by atoms with Gasteiger partial charge in [-0.3, -0.25) is 24.2 Å². The first-order chi connectivity index (χ1) is 20.3. The van der Waals surface area contributed by atoms with Gasteiger partial charge in [0.15, 0.2) is 11.4 Å². The van der Waals surface area contributed by atoms with Crippen LogP contribution in [-0.2, 0) is 22.6 Å². The van der Waals surface area contributed by atoms with Crippen molar-refractivity contribution in [2.45, 2.75) is 31.0 Å². The number of carbonyl (C=O) groups excluding carboxylic acids is 3. The van der Waals surface area contributed by atoms with E-state index in [0.29, 0.717) is 5.56 Å². The second-order valence-corrected chi connectivity index (χ2v) is 13.5. The number of hydrogen-bond donors (Lipinski definition) is 5. The van der Waals surface area contributed by atoms with Crippen LogP contribution in [0.4, 0.5) is 0 Å². The number of allylic oxidation sites excluding steroid dienone is 1. The van der Waals surface area contributed by atoms with Gasteiger partial charge >= 0.3 is 0 Å². The van der Waals surface area contributed by atoms with Crippen molar-refractivity contribution in [3.05, 3.63) is 62.9 Å². The minimum absolute atomic E-state index is 0.0206. The van der Waals surface area contributed by atoms with E-state index in [1.807, 2.05) is 6.07 Å². The molecule has 4 aliphatic rings. The number of piperazine rings is 1. The molecular formula is C31H36N4O7S. The predicted octanol–water partition coefficient (Wildman–Crippen LogP) is 1.60. The lowest BCUT2D eigenvalue weighted by atomic mass is 9.58. The number of carbonyl (C=O) groups is 3. The van der Waals surface area contributed by atoms with Gasteiger partial charge in [0.05, 0.1) is 11.6 Å². The number of hydrogen-bond acceptors (Lipinski definition) is 11. The van der Waals surface area contributed by atoms with Crippen molar-refractivity contribution in [2.75, 3.05) is 47.3 Å². The monoisotopic (exact) mass is 608 g/mol. The minimum atomic E-state index is -2.65. The van der Waals surface area contributed by atoms with Crippen LogP contribution in [0.3, 0.4) is 0 Å². The smallest absolute Gasteiger partial charge is 0.255 e. The summed E-state index contributed by atoms with van der Waals surface area (Å²) in [5.41, 5.74) is 3.23. The predicted molar refractivity (Wildman–Crippen MR) is 160 cm³/mol. The number of Topliss-reactive ketones (excluding diaryl/α,β-unsaturated/α-hetero) is 2. The Labute approximate surface area is 253 Å². The Morgan fingerprint density at radius 3 is 2.44 bits per heavy atom. The van der Waals surface area contributed by atoms with E-state index in [1.54, 1.807) is 36.4 Å². The quantitative estimate of drug-likeness (QED) is 0.315. The zero-order valence-corrected chi connectivity index (χ0v) is 25.1. The fourth-order valence-corrected chi connectivity index (χ4v) is 8.42. The van der Waals surface area contributed by atoms with Gasteiger partial charge in [-0.15, -0.1) is 11.3 Å². The number of fused-ring (bicyclic) bond motifs is 3. The second-order valence-electron chi connectivity index (χ2n) is 12.3. The number of likely N-dealkylation sites (N-methyl/N-ethyl adjacent to an activating group) is 2. The highest BCUT2D eigenvalue weighted by Crippen LogP contribution is 2.53. The summed E-state index contributed by atoms with van der Waals surface area (Å²) >= 11 is 1.63. The molecule has 1 aromatic carbocycles. The van der Waals surface area contributed by atoms with E-state index in [-0.39, 0.29) is 29.7 Å². The van der Waals surface area contributed by atoms with Gasteiger partial charge in [-0.1, -0.05) is 0 Å². The topological polar surface area (TPSA) is 168 Å². The average molecular weight is 609 g/mol. The number of aliphatic hydroxyl groups is 3. The SMILES string of the molecule is CN1CCN(Cc2ccc(-c3ccc(O)c4c3CC3CC5C(N(C)C)C(O)=C(C(N)=O)C(=O)C5(O)C(O)=C3C4=O)s2)CC1. The summed E-state index contributed by atoms with van der Waals surface area (Å²) in [5, 5.41) is 45.1. The lowest BCUT2D eigenvalue weighted by Gasteiger charge is -2.50. The summed E-state index contributed by atoms with van der Waals surface area (Å²) in [5.74, 6) is -6.55. The Balaban J connectivity index is 1.41. The summed E-state index contributed by atoms with van der Waals surface area (Å²) in [6.07, 6.45) is 0.309. The van der Waals surface area contributed by atoms with E-state index in [0.717, 1.165) is 43.2 Å². The molecule has 1 amide bonds. The molecule has 0 radical (unpaired) electrons. The largest absolute Gasteiger partial charge is 0.510 e. The number of phenols is 1. The third-order valence-electron chi connectivity index (χ3n) is 9.51. The molecule has 0 saturated carbocycles. The molecule has 1 aliphatic heterocycles. The van der Waals surface area contributed by atoms with Crippen molar-refractivity contribution in [1.82, 2.24) is 14.7 Å². The molecule has 1 saturated heterocycles. The number of aromatic hydroxyl groups is 1. The van der Waals surface area contributed by atoms with E-state index in [9.17, 15) is 34.8 Å². The maximum atomic E-state index is 14.0. The fraction of sp³-hybridized carbons (Fsp3) is 0.452. The maximum Gasteiger partial charge on any atom is 0.255 e. The van der Waals surface area contributed by atoms with E-state index < -0.39 is 58.0 Å². The molecular weight excluding hydrogens is 572 g/mol. The van der Waals surface area contributed by atoms with Crippen LogP contribution in [0.15, 0.2) is 46.9 Å². The molecule has 6 rings (SSSR count). The molecule has 43 heavy (non-hydrogen) atoms. The summed E-state index contributed by atoms with van der Waals surface area (Å²) < 4.78 is 0. The number of thiophene rings is 1. The highest BCUT2D eigenvalue weighted by atomic mass is 32.1. The molecule has 12 heteroatoms. The molecule has 1 fully saturated rings. The van der Waals surface area contributed by atoms with Crippen LogP contribution < -0.4 is 5.73 Å². The number of primary amides is 1. The van der Waals surface area contributed by atoms with Gasteiger partial charge in [0, 0.05) is 54.0 Å². The summed E-state index contributed by atoms with van der Waals surface area (Å²) in [7, 11) is 5.34. The Morgan fingerprint density at radius 2 is 1.79 bits per heavy atom. The van der Waals surface area contributed by atoms with Crippen LogP contribution >= 0.6 is 11.3 Å². The number of nitrogens with two attached hydrogens (primary N) is 1. The van der Waals surface area contributed by atoms with Crippen LogP contribution in [0, 0.1) is 11.8 Å². The lowest BCUT2D eigenvalue weighted by molar-refractivity contribution is -0.148. The molecule has 11 nitrogen and oxygen atoms in total. The molecule has 228 valence electrons. The van der Waals surface area contributed by atoms with Crippen molar-refractivity contribution in [3.8, 4) is 16.2 Å². The Morgan fingerprint density at radius 1 is 1.09 bits per heavy atom. The molecule has 4 atom stereocenters. The Bertz CT molecular complexity index is 1600. The van der Waals surface area contributed by atoms with Crippen molar-refractivity contribution >= 4 is 28.8 Å². The normalized spacial score (nSPS) is 28.3. The van der Waals surface area contributed by atoms with Gasteiger partial charge in [0.1, 0.15) is 22.8 Å². The van der Waals surface area contributed by atoms with Gasteiger partial charge in [-0.25, -0.2) is 0 Å². The first-order valence-corrected chi connectivity index (χ1v) is 15.2. The Kier molecular flexibility index (Phi) is 7.25. The van der Waals surface area contributed by atoms with Crippen molar-refractivity contribution < 1.29 is 34.8 Å². The standard InChI is InChI=1S/C31H36N4O7S/c1-33(2)25-19-13-15-12-18-17(21-7-4-16(43-21)14-35-10-8-34(3)9-11-35)5-6-20(36)23(18)26(37)22(15)28(39)31(19,42)29(40)24(27(25)38)30(32)41/h4-7,15,19,25,36,38-39,42H,8-14H2,1-3H3,(H2,32,41). The first kappa shape index (κ1) is 29.5. The lowest BCUT2D eigenvalue weighted by Crippen LogP contribution is -2.63. The summed E-state index contributed by atoms with van der Waals surface area (Å²) in [6.45, 7) is 4.84. The number of aliphatic hydroxyl groups excluding tert-OH is 2. The van der Waals surface area contributed by atoms with Crippen molar-refractivity contribution in [1.29, 1.82) is 0 Å². The van der Waals surface area contributed by atoms with Crippen LogP contribution in [0.1, 0.15) is 27.2 Å². The van der Waals surface area contributed by atoms with Crippen LogP contribution in [-0.4, -0.2) is 112 Å². The van der Waals surface area contributed by atoms with E-state index in [4.69, 9.17) is 5.73 Å². The van der Waals surface area contributed by atoms with Gasteiger partial charge < -0.3 is 31.1 Å². The van der Waals surface area contributed by atoms with Crippen molar-refractivity contribution in [3.63, 3.8) is 0 Å². The number of rotatable bonds is 5. The van der Waals surface area contributed by atoms with Gasteiger partial charge in [0.25, 0.3) is 5.91 Å². The molecule has 2 heterocycles. The van der Waals surface area contributed by atoms with E-state index in [2.05, 4.69) is 22.9 Å². The molecule has 4 unspecified atom stereocenters. The zero-order chi connectivity index (χ0) is 31.0. The molecule has 0 bridgehead atoms. The second kappa shape index (κ2) is 10.6. The maximum absolute atomic E-state index is 14.0. The number of phenolic OH excluding ortho intramolecular Hbond substituents is 1. The molecule has 3 aliphatic carbocycles. The molecule has 2 aromatic rings. The van der Waals surface area contributed by atoms with E-state index >= 15 is 0 Å². The number of nitrogens with zero attached hydrogens (tertiary/aromatic N) is 3. The fourth-order valence-electron chi connectivity index (χ4n) is 7.32. The van der Waals surface area contributed by atoms with Crippen LogP contribution in [0.5, 0.6) is 5.75 Å². The zero-order valence-electron chi connectivity index (χ0n) is 24.3. The Hall–Kier alpha value is -3.55. The summed E-state index contributed by atoms with van der Waals surface area (Å²) in [6, 6.07) is 6.32. The highest BCUT2D eigenvalue weighted by molar-refractivity contribution is 7.15. The molecule has 6 N–H and O–H groups in total. The van der Waals surface area contributed by atoms with Gasteiger partial charge in [-0.05, 0) is 75.3 Å². The molecule has 1 aromatic heterocycles.